The van der Waals surface area contributed by atoms with Gasteiger partial charge >= 0.3 is 0 Å². The smallest absolute Gasteiger partial charge is 0.118 e. The number of benzene rings is 3. The van der Waals surface area contributed by atoms with Crippen LogP contribution in [-0.2, 0) is 5.41 Å². The first-order valence-corrected chi connectivity index (χ1v) is 13.2. The van der Waals surface area contributed by atoms with Crippen molar-refractivity contribution >= 4 is 0 Å². The topological polar surface area (TPSA) is 60.7 Å². The minimum atomic E-state index is -1.70. The van der Waals surface area contributed by atoms with Gasteiger partial charge in [-0.15, -0.1) is 0 Å². The Hall–Kier alpha value is -2.46. The van der Waals surface area contributed by atoms with E-state index in [1.807, 2.05) is 91.0 Å². The fourth-order valence-electron chi connectivity index (χ4n) is 5.76. The minimum Gasteiger partial charge on any atom is -0.393 e. The van der Waals surface area contributed by atoms with E-state index in [1.165, 1.54) is 0 Å². The maximum atomic E-state index is 13.1. The molecular weight excluding hydrogens is 432 g/mol. The quantitative estimate of drug-likeness (QED) is 0.181. The summed E-state index contributed by atoms with van der Waals surface area (Å²) in [5.74, 6) is 0. The molecule has 0 heterocycles. The highest BCUT2D eigenvalue weighted by Crippen LogP contribution is 2.54. The van der Waals surface area contributed by atoms with Gasteiger partial charge in [-0.2, -0.15) is 0 Å². The van der Waals surface area contributed by atoms with Crippen LogP contribution in [0.15, 0.2) is 91.0 Å². The van der Waals surface area contributed by atoms with E-state index in [0.29, 0.717) is 12.8 Å². The lowest BCUT2D eigenvalue weighted by Crippen LogP contribution is -2.68. The van der Waals surface area contributed by atoms with Crippen LogP contribution in [0.4, 0.5) is 0 Å². The summed E-state index contributed by atoms with van der Waals surface area (Å²) in [6, 6.07) is 30.0. The van der Waals surface area contributed by atoms with Crippen molar-refractivity contribution in [2.24, 2.45) is 0 Å². The normalized spacial score (nSPS) is 15.3. The molecule has 0 fully saturated rings. The molecule has 0 aliphatic heterocycles. The highest BCUT2D eigenvalue weighted by atomic mass is 16.4. The van der Waals surface area contributed by atoms with Crippen LogP contribution in [-0.4, -0.2) is 33.1 Å². The molecule has 0 spiro atoms. The van der Waals surface area contributed by atoms with Gasteiger partial charge in [0.1, 0.15) is 11.2 Å². The molecule has 3 N–H and O–H groups in total. The van der Waals surface area contributed by atoms with Crippen molar-refractivity contribution in [2.45, 2.75) is 81.8 Å². The van der Waals surface area contributed by atoms with Gasteiger partial charge in [0.2, 0.25) is 0 Å². The first-order valence-electron chi connectivity index (χ1n) is 13.2. The van der Waals surface area contributed by atoms with E-state index in [4.69, 9.17) is 0 Å². The standard InChI is InChI=1S/C32H42O3/c1-3-5-16-24-30(34,26-33)31(35,25-17-6-4-2)32(27-18-10-7-11-19-27,28-20-12-8-13-21-28)29-22-14-9-15-23-29/h7-15,18-23,33-35H,3-6,16-17,24-26H2,1-2H3. The molecule has 0 saturated heterocycles. The monoisotopic (exact) mass is 474 g/mol. The van der Waals surface area contributed by atoms with Crippen molar-refractivity contribution in [3.63, 3.8) is 0 Å². The number of aliphatic hydroxyl groups is 3. The SMILES string of the molecule is CCCCCC(O)(CO)C(O)(CCCCC)C(c1ccccc1)(c1ccccc1)c1ccccc1. The Morgan fingerprint density at radius 2 is 0.914 bits per heavy atom. The summed E-state index contributed by atoms with van der Waals surface area (Å²) in [6.07, 6.45) is 6.04. The second kappa shape index (κ2) is 12.5. The average molecular weight is 475 g/mol. The Bertz CT molecular complexity index is 892. The predicted octanol–water partition coefficient (Wildman–Crippen LogP) is 6.64. The van der Waals surface area contributed by atoms with Gasteiger partial charge in [-0.3, -0.25) is 0 Å². The molecule has 0 saturated carbocycles. The third-order valence-electron chi connectivity index (χ3n) is 7.61. The van der Waals surface area contributed by atoms with Gasteiger partial charge in [-0.1, -0.05) is 143 Å². The maximum Gasteiger partial charge on any atom is 0.118 e. The van der Waals surface area contributed by atoms with Gasteiger partial charge in [0.15, 0.2) is 0 Å². The molecule has 3 heteroatoms. The number of unbranched alkanes of at least 4 members (excludes halogenated alkanes) is 4. The van der Waals surface area contributed by atoms with Crippen LogP contribution in [0.2, 0.25) is 0 Å². The van der Waals surface area contributed by atoms with Crippen molar-refractivity contribution in [2.75, 3.05) is 6.61 Å². The van der Waals surface area contributed by atoms with Crippen LogP contribution in [0, 0.1) is 0 Å². The van der Waals surface area contributed by atoms with Crippen LogP contribution in [0.3, 0.4) is 0 Å². The Balaban J connectivity index is 2.42. The molecule has 3 nitrogen and oxygen atoms in total. The molecule has 3 aromatic rings. The van der Waals surface area contributed by atoms with Crippen LogP contribution < -0.4 is 0 Å². The van der Waals surface area contributed by atoms with Gasteiger partial charge in [0.05, 0.1) is 12.0 Å². The van der Waals surface area contributed by atoms with Crippen molar-refractivity contribution in [3.05, 3.63) is 108 Å². The highest BCUT2D eigenvalue weighted by Gasteiger charge is 2.63. The van der Waals surface area contributed by atoms with E-state index in [-0.39, 0.29) is 0 Å². The van der Waals surface area contributed by atoms with Crippen LogP contribution >= 0.6 is 0 Å². The van der Waals surface area contributed by atoms with Gasteiger partial charge in [0, 0.05) is 0 Å². The summed E-state index contributed by atoms with van der Waals surface area (Å²) < 4.78 is 0. The second-order valence-corrected chi connectivity index (χ2v) is 9.81. The Kier molecular flexibility index (Phi) is 9.68. The maximum absolute atomic E-state index is 13.1. The van der Waals surface area contributed by atoms with Gasteiger partial charge in [-0.05, 0) is 29.5 Å². The lowest BCUT2D eigenvalue weighted by Gasteiger charge is -2.56. The van der Waals surface area contributed by atoms with Crippen molar-refractivity contribution in [1.29, 1.82) is 0 Å². The number of hydrogen-bond donors (Lipinski definition) is 3. The molecule has 3 aromatic carbocycles. The first-order chi connectivity index (χ1) is 17.0. The fourth-order valence-corrected chi connectivity index (χ4v) is 5.76. The van der Waals surface area contributed by atoms with Crippen molar-refractivity contribution < 1.29 is 15.3 Å². The van der Waals surface area contributed by atoms with E-state index < -0.39 is 23.2 Å². The molecule has 35 heavy (non-hydrogen) atoms. The van der Waals surface area contributed by atoms with Gasteiger partial charge < -0.3 is 15.3 Å². The molecule has 3 rings (SSSR count). The summed E-state index contributed by atoms with van der Waals surface area (Å²) in [6.45, 7) is 3.75. The zero-order valence-electron chi connectivity index (χ0n) is 21.4. The Morgan fingerprint density at radius 3 is 1.26 bits per heavy atom. The number of hydrogen-bond acceptors (Lipinski definition) is 3. The fraction of sp³-hybridized carbons (Fsp3) is 0.438. The average Bonchev–Trinajstić information content (AvgIpc) is 2.91. The largest absolute Gasteiger partial charge is 0.393 e. The summed E-state index contributed by atoms with van der Waals surface area (Å²) in [4.78, 5) is 0. The summed E-state index contributed by atoms with van der Waals surface area (Å²) in [5, 5.41) is 36.2. The Labute approximate surface area is 211 Å². The molecule has 188 valence electrons. The molecule has 0 radical (unpaired) electrons. The molecule has 0 aliphatic rings. The van der Waals surface area contributed by atoms with Crippen LogP contribution in [0.25, 0.3) is 0 Å². The van der Waals surface area contributed by atoms with E-state index in [2.05, 4.69) is 13.8 Å². The van der Waals surface area contributed by atoms with E-state index >= 15 is 0 Å². The van der Waals surface area contributed by atoms with Gasteiger partial charge in [-0.25, -0.2) is 0 Å². The van der Waals surface area contributed by atoms with Gasteiger partial charge in [0.25, 0.3) is 0 Å². The molecule has 2 unspecified atom stereocenters. The predicted molar refractivity (Wildman–Crippen MR) is 144 cm³/mol. The zero-order valence-corrected chi connectivity index (χ0v) is 21.4. The Morgan fingerprint density at radius 1 is 0.543 bits per heavy atom. The third kappa shape index (κ3) is 5.23. The molecule has 0 aliphatic carbocycles. The highest BCUT2D eigenvalue weighted by molar-refractivity contribution is 5.55. The van der Waals surface area contributed by atoms with Crippen molar-refractivity contribution in [1.82, 2.24) is 0 Å². The molecule has 0 aromatic heterocycles. The first kappa shape index (κ1) is 27.1. The summed E-state index contributed by atoms with van der Waals surface area (Å²) >= 11 is 0. The second-order valence-electron chi connectivity index (χ2n) is 9.81. The summed E-state index contributed by atoms with van der Waals surface area (Å²) in [7, 11) is 0. The van der Waals surface area contributed by atoms with Crippen molar-refractivity contribution in [3.8, 4) is 0 Å². The zero-order chi connectivity index (χ0) is 25.2. The number of aliphatic hydroxyl groups excluding tert-OH is 1. The van der Waals surface area contributed by atoms with Crippen LogP contribution in [0.1, 0.15) is 81.9 Å². The third-order valence-corrected chi connectivity index (χ3v) is 7.61. The van der Waals surface area contributed by atoms with E-state index in [1.54, 1.807) is 0 Å². The molecule has 2 atom stereocenters. The molecular formula is C32H42O3. The molecule has 0 bridgehead atoms. The minimum absolute atomic E-state index is 0.328. The molecule has 0 amide bonds. The van der Waals surface area contributed by atoms with E-state index in [9.17, 15) is 15.3 Å². The van der Waals surface area contributed by atoms with Crippen LogP contribution in [0.5, 0.6) is 0 Å². The summed E-state index contributed by atoms with van der Waals surface area (Å²) in [5.41, 5.74) is -1.75. The lowest BCUT2D eigenvalue weighted by molar-refractivity contribution is -0.202. The lowest BCUT2D eigenvalue weighted by atomic mass is 9.52. The van der Waals surface area contributed by atoms with E-state index in [0.717, 1.165) is 55.2 Å². The number of rotatable bonds is 14.